The minimum atomic E-state index is -0.188. The summed E-state index contributed by atoms with van der Waals surface area (Å²) in [6.07, 6.45) is 0. The first-order chi connectivity index (χ1) is 9.58. The van der Waals surface area contributed by atoms with Crippen molar-refractivity contribution in [2.24, 2.45) is 0 Å². The Balaban J connectivity index is 1.91. The summed E-state index contributed by atoms with van der Waals surface area (Å²) >= 11 is 3.43. The zero-order chi connectivity index (χ0) is 14.5. The van der Waals surface area contributed by atoms with Crippen LogP contribution in [0.3, 0.4) is 0 Å². The molecule has 1 amide bonds. The molecule has 1 aliphatic rings. The van der Waals surface area contributed by atoms with Crippen LogP contribution in [0.5, 0.6) is 0 Å². The fourth-order valence-corrected chi connectivity index (χ4v) is 2.62. The van der Waals surface area contributed by atoms with Crippen LogP contribution in [-0.4, -0.2) is 43.2 Å². The minimum Gasteiger partial charge on any atom is -0.378 e. The molecule has 0 unspecified atom stereocenters. The van der Waals surface area contributed by atoms with Crippen molar-refractivity contribution in [3.63, 3.8) is 0 Å². The number of hydrogen-bond donors (Lipinski definition) is 1. The SMILES string of the molecule is C[C@H](N[C@H](C)c1ccc(Br)cc1)C(=O)N1CCOCC1. The molecular formula is C15H21BrN2O2. The molecule has 110 valence electrons. The number of nitrogens with zero attached hydrogens (tertiary/aromatic N) is 1. The highest BCUT2D eigenvalue weighted by atomic mass is 79.9. The van der Waals surface area contributed by atoms with Crippen molar-refractivity contribution in [2.45, 2.75) is 25.9 Å². The van der Waals surface area contributed by atoms with Crippen LogP contribution >= 0.6 is 15.9 Å². The fraction of sp³-hybridized carbons (Fsp3) is 0.533. The Morgan fingerprint density at radius 1 is 1.25 bits per heavy atom. The van der Waals surface area contributed by atoms with Crippen LogP contribution in [0.2, 0.25) is 0 Å². The highest BCUT2D eigenvalue weighted by molar-refractivity contribution is 9.10. The number of amides is 1. The van der Waals surface area contributed by atoms with Crippen LogP contribution < -0.4 is 5.32 Å². The first-order valence-electron chi connectivity index (χ1n) is 6.96. The van der Waals surface area contributed by atoms with Gasteiger partial charge >= 0.3 is 0 Å². The molecule has 20 heavy (non-hydrogen) atoms. The van der Waals surface area contributed by atoms with Crippen LogP contribution in [-0.2, 0) is 9.53 Å². The summed E-state index contributed by atoms with van der Waals surface area (Å²) in [4.78, 5) is 14.2. The van der Waals surface area contributed by atoms with E-state index in [0.717, 1.165) is 4.47 Å². The molecule has 0 saturated carbocycles. The summed E-state index contributed by atoms with van der Waals surface area (Å²) in [6, 6.07) is 8.11. The van der Waals surface area contributed by atoms with Gasteiger partial charge in [0, 0.05) is 23.6 Å². The van der Waals surface area contributed by atoms with Gasteiger partial charge in [-0.1, -0.05) is 28.1 Å². The van der Waals surface area contributed by atoms with E-state index >= 15 is 0 Å². The molecule has 1 fully saturated rings. The molecule has 0 radical (unpaired) electrons. The zero-order valence-corrected chi connectivity index (χ0v) is 13.5. The molecule has 0 aliphatic carbocycles. The molecule has 1 N–H and O–H groups in total. The van der Waals surface area contributed by atoms with Crippen LogP contribution in [0.4, 0.5) is 0 Å². The predicted molar refractivity (Wildman–Crippen MR) is 82.6 cm³/mol. The van der Waals surface area contributed by atoms with E-state index in [-0.39, 0.29) is 18.0 Å². The summed E-state index contributed by atoms with van der Waals surface area (Å²) in [5.74, 6) is 0.150. The summed E-state index contributed by atoms with van der Waals surface area (Å²) in [7, 11) is 0. The molecule has 0 aromatic heterocycles. The highest BCUT2D eigenvalue weighted by Crippen LogP contribution is 2.17. The second-order valence-corrected chi connectivity index (χ2v) is 6.01. The predicted octanol–water partition coefficient (Wildman–Crippen LogP) is 2.35. The summed E-state index contributed by atoms with van der Waals surface area (Å²) in [5, 5.41) is 3.37. The third-order valence-electron chi connectivity index (χ3n) is 3.56. The fourth-order valence-electron chi connectivity index (χ4n) is 2.35. The molecular weight excluding hydrogens is 320 g/mol. The topological polar surface area (TPSA) is 41.6 Å². The van der Waals surface area contributed by atoms with E-state index in [4.69, 9.17) is 4.74 Å². The number of carbonyl (C=O) groups excluding carboxylic acids is 1. The lowest BCUT2D eigenvalue weighted by Crippen LogP contribution is -2.49. The van der Waals surface area contributed by atoms with Crippen LogP contribution in [0.15, 0.2) is 28.7 Å². The monoisotopic (exact) mass is 340 g/mol. The van der Waals surface area contributed by atoms with E-state index in [1.54, 1.807) is 0 Å². The van der Waals surface area contributed by atoms with E-state index in [9.17, 15) is 4.79 Å². The smallest absolute Gasteiger partial charge is 0.239 e. The Hall–Kier alpha value is -0.910. The maximum absolute atomic E-state index is 12.3. The number of ether oxygens (including phenoxy) is 1. The standard InChI is InChI=1S/C15H21BrN2O2/c1-11(13-3-5-14(16)6-4-13)17-12(2)15(19)18-7-9-20-10-8-18/h3-6,11-12,17H,7-10H2,1-2H3/t11-,12+/m1/s1. The van der Waals surface area contributed by atoms with Gasteiger partial charge in [0.25, 0.3) is 0 Å². The number of nitrogens with one attached hydrogen (secondary N) is 1. The molecule has 0 spiro atoms. The number of halogens is 1. The molecule has 1 saturated heterocycles. The molecule has 0 bridgehead atoms. The zero-order valence-electron chi connectivity index (χ0n) is 11.9. The highest BCUT2D eigenvalue weighted by Gasteiger charge is 2.23. The quantitative estimate of drug-likeness (QED) is 0.914. The Labute approximate surface area is 128 Å². The number of morpholine rings is 1. The van der Waals surface area contributed by atoms with Gasteiger partial charge in [-0.3, -0.25) is 10.1 Å². The Bertz CT molecular complexity index is 444. The van der Waals surface area contributed by atoms with Crippen molar-refractivity contribution in [1.82, 2.24) is 10.2 Å². The number of rotatable bonds is 4. The Morgan fingerprint density at radius 3 is 2.45 bits per heavy atom. The number of hydrogen-bond acceptors (Lipinski definition) is 3. The van der Waals surface area contributed by atoms with Crippen LogP contribution in [0, 0.1) is 0 Å². The second kappa shape index (κ2) is 7.20. The van der Waals surface area contributed by atoms with Gasteiger partial charge in [-0.15, -0.1) is 0 Å². The van der Waals surface area contributed by atoms with Gasteiger partial charge in [-0.25, -0.2) is 0 Å². The van der Waals surface area contributed by atoms with Gasteiger partial charge < -0.3 is 9.64 Å². The molecule has 1 aliphatic heterocycles. The average molecular weight is 341 g/mol. The maximum Gasteiger partial charge on any atom is 0.239 e. The molecule has 5 heteroatoms. The minimum absolute atomic E-state index is 0.142. The lowest BCUT2D eigenvalue weighted by Gasteiger charge is -2.30. The Kier molecular flexibility index (Phi) is 5.57. The Morgan fingerprint density at radius 2 is 1.85 bits per heavy atom. The number of benzene rings is 1. The average Bonchev–Trinajstić information content (AvgIpc) is 2.48. The van der Waals surface area contributed by atoms with E-state index < -0.39 is 0 Å². The van der Waals surface area contributed by atoms with Crippen molar-refractivity contribution in [1.29, 1.82) is 0 Å². The lowest BCUT2D eigenvalue weighted by molar-refractivity contribution is -0.137. The van der Waals surface area contributed by atoms with Gasteiger partial charge in [0.1, 0.15) is 0 Å². The first-order valence-corrected chi connectivity index (χ1v) is 7.75. The second-order valence-electron chi connectivity index (χ2n) is 5.10. The molecule has 1 heterocycles. The van der Waals surface area contributed by atoms with Gasteiger partial charge in [0.2, 0.25) is 5.91 Å². The maximum atomic E-state index is 12.3. The van der Waals surface area contributed by atoms with E-state index in [1.807, 2.05) is 24.0 Å². The van der Waals surface area contributed by atoms with Crippen molar-refractivity contribution in [3.05, 3.63) is 34.3 Å². The largest absolute Gasteiger partial charge is 0.378 e. The molecule has 2 rings (SSSR count). The van der Waals surface area contributed by atoms with Crippen LogP contribution in [0.1, 0.15) is 25.5 Å². The van der Waals surface area contributed by atoms with Gasteiger partial charge in [0.05, 0.1) is 19.3 Å². The van der Waals surface area contributed by atoms with E-state index in [0.29, 0.717) is 26.3 Å². The number of carbonyl (C=O) groups is 1. The van der Waals surface area contributed by atoms with Gasteiger partial charge in [-0.05, 0) is 31.5 Å². The van der Waals surface area contributed by atoms with Crippen molar-refractivity contribution in [3.8, 4) is 0 Å². The first kappa shape index (κ1) is 15.5. The third-order valence-corrected chi connectivity index (χ3v) is 4.09. The summed E-state index contributed by atoms with van der Waals surface area (Å²) in [5.41, 5.74) is 1.18. The van der Waals surface area contributed by atoms with Crippen molar-refractivity contribution in [2.75, 3.05) is 26.3 Å². The third kappa shape index (κ3) is 4.04. The van der Waals surface area contributed by atoms with Crippen molar-refractivity contribution < 1.29 is 9.53 Å². The van der Waals surface area contributed by atoms with Crippen molar-refractivity contribution >= 4 is 21.8 Å². The van der Waals surface area contributed by atoms with Gasteiger partial charge in [-0.2, -0.15) is 0 Å². The molecule has 1 aromatic rings. The van der Waals surface area contributed by atoms with E-state index in [2.05, 4.69) is 40.3 Å². The van der Waals surface area contributed by atoms with E-state index in [1.165, 1.54) is 5.56 Å². The van der Waals surface area contributed by atoms with Gasteiger partial charge in [0.15, 0.2) is 0 Å². The molecule has 4 nitrogen and oxygen atoms in total. The van der Waals surface area contributed by atoms with Crippen LogP contribution in [0.25, 0.3) is 0 Å². The summed E-state index contributed by atoms with van der Waals surface area (Å²) in [6.45, 7) is 6.66. The normalized spacial score (nSPS) is 18.6. The molecule has 1 aromatic carbocycles. The molecule has 2 atom stereocenters. The lowest BCUT2D eigenvalue weighted by atomic mass is 10.1. The summed E-state index contributed by atoms with van der Waals surface area (Å²) < 4.78 is 6.33.